The van der Waals surface area contributed by atoms with Crippen LogP contribution in [0.1, 0.15) is 22.8 Å². The Morgan fingerprint density at radius 2 is 2.00 bits per heavy atom. The fraction of sp³-hybridized carbons (Fsp3) is 0.250. The number of benzene rings is 2. The molecule has 1 unspecified atom stereocenters. The van der Waals surface area contributed by atoms with Gasteiger partial charge < -0.3 is 9.84 Å². The minimum absolute atomic E-state index is 0.300. The third-order valence-electron chi connectivity index (χ3n) is 3.25. The molecule has 0 fully saturated rings. The summed E-state index contributed by atoms with van der Waals surface area (Å²) < 4.78 is 19.6. The zero-order valence-electron chi connectivity index (χ0n) is 11.4. The minimum atomic E-state index is -0.756. The van der Waals surface area contributed by atoms with E-state index in [2.05, 4.69) is 15.9 Å². The summed E-state index contributed by atoms with van der Waals surface area (Å²) in [5, 5.41) is 10.2. The predicted octanol–water partition coefficient (Wildman–Crippen LogP) is 4.18. The van der Waals surface area contributed by atoms with Crippen molar-refractivity contribution in [2.75, 3.05) is 7.11 Å². The third kappa shape index (κ3) is 3.38. The summed E-state index contributed by atoms with van der Waals surface area (Å²) in [5.74, 6) is 0.428. The van der Waals surface area contributed by atoms with Crippen molar-refractivity contribution in [1.29, 1.82) is 0 Å². The lowest BCUT2D eigenvalue weighted by Crippen LogP contribution is -2.03. The number of hydrogen-bond donors (Lipinski definition) is 1. The number of rotatable bonds is 4. The lowest BCUT2D eigenvalue weighted by atomic mass is 10.00. The molecule has 0 aromatic heterocycles. The molecule has 0 heterocycles. The van der Waals surface area contributed by atoms with Crippen LogP contribution in [0.25, 0.3) is 0 Å². The highest BCUT2D eigenvalue weighted by molar-refractivity contribution is 9.10. The van der Waals surface area contributed by atoms with Gasteiger partial charge in [-0.1, -0.05) is 28.1 Å². The van der Waals surface area contributed by atoms with Crippen LogP contribution in [0.15, 0.2) is 40.9 Å². The quantitative estimate of drug-likeness (QED) is 0.905. The summed E-state index contributed by atoms with van der Waals surface area (Å²) in [4.78, 5) is 0. The minimum Gasteiger partial charge on any atom is -0.497 e. The van der Waals surface area contributed by atoms with Gasteiger partial charge in [0.15, 0.2) is 0 Å². The van der Waals surface area contributed by atoms with Gasteiger partial charge in [-0.05, 0) is 47.9 Å². The molecule has 2 aromatic carbocycles. The molecule has 0 spiro atoms. The Hall–Kier alpha value is -1.39. The number of aliphatic hydroxyl groups excluding tert-OH is 1. The van der Waals surface area contributed by atoms with Crippen molar-refractivity contribution in [3.05, 3.63) is 63.4 Å². The maximum atomic E-state index is 13.5. The van der Waals surface area contributed by atoms with Crippen molar-refractivity contribution in [2.45, 2.75) is 19.4 Å². The molecule has 106 valence electrons. The van der Waals surface area contributed by atoms with Crippen LogP contribution in [0, 0.1) is 12.7 Å². The first-order valence-corrected chi connectivity index (χ1v) is 7.07. The fourth-order valence-corrected chi connectivity index (χ4v) is 2.39. The normalized spacial score (nSPS) is 12.2. The molecular formula is C16H16BrFO2. The maximum absolute atomic E-state index is 13.5. The second-order valence-corrected chi connectivity index (χ2v) is 5.54. The van der Waals surface area contributed by atoms with E-state index in [9.17, 15) is 9.50 Å². The summed E-state index contributed by atoms with van der Waals surface area (Å²) in [5.41, 5.74) is 2.06. The summed E-state index contributed by atoms with van der Waals surface area (Å²) >= 11 is 3.45. The summed E-state index contributed by atoms with van der Waals surface area (Å²) in [7, 11) is 1.60. The molecule has 0 saturated carbocycles. The molecule has 0 aliphatic rings. The standard InChI is InChI=1S/C16H16BrFO2/c1-10-3-4-11(8-15(10)18)16(19)9-12-7-13(20-2)5-6-14(12)17/h3-8,16,19H,9H2,1-2H3. The average Bonchev–Trinajstić information content (AvgIpc) is 2.44. The van der Waals surface area contributed by atoms with Crippen molar-refractivity contribution < 1.29 is 14.2 Å². The molecule has 1 atom stereocenters. The molecule has 0 amide bonds. The largest absolute Gasteiger partial charge is 0.497 e. The van der Waals surface area contributed by atoms with Gasteiger partial charge in [-0.3, -0.25) is 0 Å². The van der Waals surface area contributed by atoms with Crippen LogP contribution in [-0.4, -0.2) is 12.2 Å². The van der Waals surface area contributed by atoms with E-state index in [0.717, 1.165) is 15.8 Å². The van der Waals surface area contributed by atoms with E-state index in [4.69, 9.17) is 4.74 Å². The average molecular weight is 339 g/mol. The van der Waals surface area contributed by atoms with Crippen LogP contribution in [-0.2, 0) is 6.42 Å². The molecule has 0 saturated heterocycles. The molecule has 1 N–H and O–H groups in total. The number of methoxy groups -OCH3 is 1. The van der Waals surface area contributed by atoms with Crippen LogP contribution >= 0.6 is 15.9 Å². The highest BCUT2D eigenvalue weighted by Gasteiger charge is 2.13. The molecule has 0 aliphatic carbocycles. The van der Waals surface area contributed by atoms with Gasteiger partial charge in [-0.25, -0.2) is 4.39 Å². The summed E-state index contributed by atoms with van der Waals surface area (Å²) in [6, 6.07) is 10.4. The van der Waals surface area contributed by atoms with Crippen LogP contribution in [0.4, 0.5) is 4.39 Å². The number of ether oxygens (including phenoxy) is 1. The monoisotopic (exact) mass is 338 g/mol. The Bertz CT molecular complexity index is 613. The van der Waals surface area contributed by atoms with Crippen LogP contribution in [0.2, 0.25) is 0 Å². The molecule has 20 heavy (non-hydrogen) atoms. The molecular weight excluding hydrogens is 323 g/mol. The van der Waals surface area contributed by atoms with E-state index in [-0.39, 0.29) is 5.82 Å². The molecule has 2 aromatic rings. The van der Waals surface area contributed by atoms with E-state index in [1.54, 1.807) is 26.2 Å². The number of aryl methyl sites for hydroxylation is 1. The van der Waals surface area contributed by atoms with E-state index in [1.165, 1.54) is 6.07 Å². The Kier molecular flexibility index (Phi) is 4.78. The summed E-state index contributed by atoms with van der Waals surface area (Å²) in [6.07, 6.45) is -0.367. The van der Waals surface area contributed by atoms with Crippen molar-refractivity contribution in [3.63, 3.8) is 0 Å². The zero-order chi connectivity index (χ0) is 14.7. The Morgan fingerprint density at radius 3 is 2.65 bits per heavy atom. The van der Waals surface area contributed by atoms with Gasteiger partial charge in [0.05, 0.1) is 13.2 Å². The first-order valence-electron chi connectivity index (χ1n) is 6.28. The third-order valence-corrected chi connectivity index (χ3v) is 4.02. The Labute approximate surface area is 126 Å². The van der Waals surface area contributed by atoms with Gasteiger partial charge in [0, 0.05) is 10.9 Å². The maximum Gasteiger partial charge on any atom is 0.126 e. The summed E-state index contributed by atoms with van der Waals surface area (Å²) in [6.45, 7) is 1.70. The predicted molar refractivity (Wildman–Crippen MR) is 80.5 cm³/mol. The van der Waals surface area contributed by atoms with E-state index < -0.39 is 6.10 Å². The Balaban J connectivity index is 2.22. The van der Waals surface area contributed by atoms with Crippen LogP contribution < -0.4 is 4.74 Å². The van der Waals surface area contributed by atoms with Crippen molar-refractivity contribution in [1.82, 2.24) is 0 Å². The van der Waals surface area contributed by atoms with E-state index in [1.807, 2.05) is 18.2 Å². The topological polar surface area (TPSA) is 29.5 Å². The highest BCUT2D eigenvalue weighted by atomic mass is 79.9. The van der Waals surface area contributed by atoms with Crippen LogP contribution in [0.3, 0.4) is 0 Å². The van der Waals surface area contributed by atoms with Gasteiger partial charge in [0.1, 0.15) is 11.6 Å². The molecule has 0 aliphatic heterocycles. The van der Waals surface area contributed by atoms with Crippen molar-refractivity contribution in [3.8, 4) is 5.75 Å². The van der Waals surface area contributed by atoms with Gasteiger partial charge in [0.25, 0.3) is 0 Å². The second-order valence-electron chi connectivity index (χ2n) is 4.69. The van der Waals surface area contributed by atoms with Gasteiger partial charge in [0.2, 0.25) is 0 Å². The molecule has 2 nitrogen and oxygen atoms in total. The molecule has 0 bridgehead atoms. The zero-order valence-corrected chi connectivity index (χ0v) is 12.9. The fourth-order valence-electron chi connectivity index (χ4n) is 1.98. The molecule has 4 heteroatoms. The SMILES string of the molecule is COc1ccc(Br)c(CC(O)c2ccc(C)c(F)c2)c1. The number of hydrogen-bond acceptors (Lipinski definition) is 2. The number of halogens is 2. The van der Waals surface area contributed by atoms with Gasteiger partial charge >= 0.3 is 0 Å². The van der Waals surface area contributed by atoms with Crippen LogP contribution in [0.5, 0.6) is 5.75 Å². The molecule has 0 radical (unpaired) electrons. The van der Waals surface area contributed by atoms with E-state index in [0.29, 0.717) is 17.5 Å². The highest BCUT2D eigenvalue weighted by Crippen LogP contribution is 2.28. The molecule has 2 rings (SSSR count). The Morgan fingerprint density at radius 1 is 1.25 bits per heavy atom. The van der Waals surface area contributed by atoms with Crippen molar-refractivity contribution in [2.24, 2.45) is 0 Å². The smallest absolute Gasteiger partial charge is 0.126 e. The van der Waals surface area contributed by atoms with Gasteiger partial charge in [-0.2, -0.15) is 0 Å². The first kappa shape index (κ1) is 15.0. The van der Waals surface area contributed by atoms with Gasteiger partial charge in [-0.15, -0.1) is 0 Å². The van der Waals surface area contributed by atoms with E-state index >= 15 is 0 Å². The second kappa shape index (κ2) is 6.37. The lowest BCUT2D eigenvalue weighted by Gasteiger charge is -2.14. The number of aliphatic hydroxyl groups is 1. The lowest BCUT2D eigenvalue weighted by molar-refractivity contribution is 0.177. The first-order chi connectivity index (χ1) is 9.51. The van der Waals surface area contributed by atoms with Crippen molar-refractivity contribution >= 4 is 15.9 Å².